The van der Waals surface area contributed by atoms with Crippen LogP contribution in [0.5, 0.6) is 0 Å². The molecule has 2 aliphatic rings. The summed E-state index contributed by atoms with van der Waals surface area (Å²) in [6, 6.07) is 89.2. The number of rotatable bonds is 7. The number of fused-ring (bicyclic) bond motifs is 9. The number of hydrogen-bond donors (Lipinski definition) is 0. The largest absolute Gasteiger partial charge is 0.310 e. The first-order chi connectivity index (χ1) is 32.5. The van der Waals surface area contributed by atoms with Crippen LogP contribution in [0.2, 0.25) is 0 Å². The van der Waals surface area contributed by atoms with Crippen molar-refractivity contribution in [3.05, 3.63) is 248 Å². The standard InChI is InChI=1S/C63H45NSSi/c1-63(2)57-28-13-9-24-50(57)51-35-32-43(38-58(51)63)49-36-33-45(40-56(49)42-18-5-3-6-19-42)64(46-34-37-53-52-25-10-14-29-59(52)65-60(53)41-46)44-20-17-23-48(39-44)66(47-21-7-4-8-22-47)61-30-15-11-26-54(61)55-27-12-16-31-62(55)66/h3-41H,1-2H3. The highest BCUT2D eigenvalue weighted by Gasteiger charge is 2.48. The van der Waals surface area contributed by atoms with E-state index in [4.69, 9.17) is 0 Å². The summed E-state index contributed by atoms with van der Waals surface area (Å²) in [4.78, 5) is 2.51. The topological polar surface area (TPSA) is 3.24 Å². The first kappa shape index (κ1) is 38.9. The SMILES string of the molecule is CC1(C)c2ccccc2-c2ccc(-c3ccc(N(c4cccc([Si]5(c6ccccc6)c6ccccc6-c6ccccc65)c4)c4ccc5c(c4)sc4ccccc45)cc3-c3ccccc3)cc21. The molecule has 312 valence electrons. The highest BCUT2D eigenvalue weighted by Crippen LogP contribution is 2.51. The Bertz CT molecular complexity index is 3650. The summed E-state index contributed by atoms with van der Waals surface area (Å²) in [6.07, 6.45) is 0. The van der Waals surface area contributed by atoms with Crippen LogP contribution in [0.1, 0.15) is 25.0 Å². The zero-order valence-electron chi connectivity index (χ0n) is 36.9. The lowest BCUT2D eigenvalue weighted by Gasteiger charge is -2.33. The van der Waals surface area contributed by atoms with Crippen molar-refractivity contribution in [2.75, 3.05) is 4.90 Å². The zero-order chi connectivity index (χ0) is 44.0. The Morgan fingerprint density at radius 2 is 0.924 bits per heavy atom. The molecule has 0 fully saturated rings. The fourth-order valence-electron chi connectivity index (χ4n) is 11.5. The van der Waals surface area contributed by atoms with E-state index in [1.54, 1.807) is 0 Å². The molecule has 0 N–H and O–H groups in total. The fraction of sp³-hybridized carbons (Fsp3) is 0.0476. The summed E-state index contributed by atoms with van der Waals surface area (Å²) >= 11 is 1.87. The second-order valence-corrected chi connectivity index (χ2v) is 23.2. The van der Waals surface area contributed by atoms with Gasteiger partial charge in [0.2, 0.25) is 0 Å². The number of nitrogens with zero attached hydrogens (tertiary/aromatic N) is 1. The van der Waals surface area contributed by atoms with Crippen LogP contribution in [0.15, 0.2) is 237 Å². The third-order valence-corrected chi connectivity index (χ3v) is 20.6. The Morgan fingerprint density at radius 1 is 0.348 bits per heavy atom. The normalized spacial score (nSPS) is 13.8. The maximum Gasteiger partial charge on any atom is 0.180 e. The summed E-state index contributed by atoms with van der Waals surface area (Å²) in [7, 11) is -2.76. The average Bonchev–Trinajstić information content (AvgIpc) is 3.98. The van der Waals surface area contributed by atoms with Crippen molar-refractivity contribution in [2.45, 2.75) is 19.3 Å². The summed E-state index contributed by atoms with van der Waals surface area (Å²) in [5.41, 5.74) is 16.3. The monoisotopic (exact) mass is 875 g/mol. The minimum Gasteiger partial charge on any atom is -0.310 e. The van der Waals surface area contributed by atoms with Gasteiger partial charge in [-0.25, -0.2) is 0 Å². The number of thiophene rings is 1. The molecule has 0 saturated heterocycles. The van der Waals surface area contributed by atoms with E-state index < -0.39 is 8.07 Å². The van der Waals surface area contributed by atoms with Gasteiger partial charge >= 0.3 is 0 Å². The lowest BCUT2D eigenvalue weighted by atomic mass is 9.81. The van der Waals surface area contributed by atoms with Gasteiger partial charge in [-0.3, -0.25) is 0 Å². The third-order valence-electron chi connectivity index (χ3n) is 14.6. The van der Waals surface area contributed by atoms with E-state index in [0.717, 1.165) is 17.1 Å². The van der Waals surface area contributed by atoms with Gasteiger partial charge in [-0.15, -0.1) is 11.3 Å². The van der Waals surface area contributed by atoms with Crippen LogP contribution in [-0.4, -0.2) is 8.07 Å². The Balaban J connectivity index is 1.04. The molecule has 0 saturated carbocycles. The summed E-state index contributed by atoms with van der Waals surface area (Å²) < 4.78 is 2.59. The number of hydrogen-bond acceptors (Lipinski definition) is 2. The van der Waals surface area contributed by atoms with Crippen LogP contribution < -0.4 is 25.6 Å². The van der Waals surface area contributed by atoms with Crippen LogP contribution >= 0.6 is 11.3 Å². The second-order valence-electron chi connectivity index (χ2n) is 18.4. The van der Waals surface area contributed by atoms with E-state index in [1.807, 2.05) is 11.3 Å². The van der Waals surface area contributed by atoms with E-state index >= 15 is 0 Å². The van der Waals surface area contributed by atoms with Crippen molar-refractivity contribution in [3.8, 4) is 44.5 Å². The lowest BCUT2D eigenvalue weighted by Crippen LogP contribution is -2.72. The van der Waals surface area contributed by atoms with Gasteiger partial charge in [0.1, 0.15) is 0 Å². The lowest BCUT2D eigenvalue weighted by molar-refractivity contribution is 0.660. The molecule has 13 rings (SSSR count). The van der Waals surface area contributed by atoms with Crippen molar-refractivity contribution < 1.29 is 0 Å². The number of anilines is 3. The van der Waals surface area contributed by atoms with E-state index in [1.165, 1.54) is 96.6 Å². The molecule has 0 bridgehead atoms. The highest BCUT2D eigenvalue weighted by atomic mass is 32.1. The molecular formula is C63H45NSSi. The summed E-state index contributed by atoms with van der Waals surface area (Å²) in [6.45, 7) is 4.74. The molecular weight excluding hydrogens is 831 g/mol. The van der Waals surface area contributed by atoms with Crippen LogP contribution in [0.25, 0.3) is 64.7 Å². The Morgan fingerprint density at radius 3 is 1.71 bits per heavy atom. The van der Waals surface area contributed by atoms with Gasteiger partial charge in [0.15, 0.2) is 8.07 Å². The molecule has 1 nitrogen and oxygen atoms in total. The minimum atomic E-state index is -2.76. The van der Waals surface area contributed by atoms with Gasteiger partial charge in [0.25, 0.3) is 0 Å². The third kappa shape index (κ3) is 5.77. The molecule has 66 heavy (non-hydrogen) atoms. The molecule has 0 unspecified atom stereocenters. The average molecular weight is 876 g/mol. The Kier molecular flexibility index (Phi) is 8.83. The van der Waals surface area contributed by atoms with Crippen molar-refractivity contribution in [1.82, 2.24) is 0 Å². The Labute approximate surface area is 391 Å². The molecule has 0 spiro atoms. The van der Waals surface area contributed by atoms with Crippen LogP contribution in [-0.2, 0) is 5.41 Å². The zero-order valence-corrected chi connectivity index (χ0v) is 38.7. The van der Waals surface area contributed by atoms with Crippen LogP contribution in [0.3, 0.4) is 0 Å². The molecule has 0 radical (unpaired) electrons. The van der Waals surface area contributed by atoms with Crippen molar-refractivity contribution >= 4 is 77.4 Å². The Hall–Kier alpha value is -7.56. The molecule has 0 amide bonds. The predicted molar refractivity (Wildman–Crippen MR) is 285 cm³/mol. The molecule has 11 aromatic rings. The van der Waals surface area contributed by atoms with E-state index in [9.17, 15) is 0 Å². The maximum absolute atomic E-state index is 2.76. The fourth-order valence-corrected chi connectivity index (χ4v) is 17.9. The summed E-state index contributed by atoms with van der Waals surface area (Å²) in [5, 5.41) is 8.27. The van der Waals surface area contributed by atoms with E-state index in [-0.39, 0.29) is 5.41 Å². The van der Waals surface area contributed by atoms with Gasteiger partial charge < -0.3 is 4.90 Å². The highest BCUT2D eigenvalue weighted by molar-refractivity contribution is 7.26. The molecule has 2 heterocycles. The molecule has 1 aliphatic carbocycles. The van der Waals surface area contributed by atoms with Crippen molar-refractivity contribution in [3.63, 3.8) is 0 Å². The number of benzene rings is 10. The molecule has 0 atom stereocenters. The first-order valence-corrected chi connectivity index (χ1v) is 25.8. The van der Waals surface area contributed by atoms with Crippen molar-refractivity contribution in [1.29, 1.82) is 0 Å². The molecule has 3 heteroatoms. The van der Waals surface area contributed by atoms with Crippen LogP contribution in [0.4, 0.5) is 17.1 Å². The maximum atomic E-state index is 2.52. The molecule has 1 aliphatic heterocycles. The van der Waals surface area contributed by atoms with Gasteiger partial charge in [0.05, 0.1) is 0 Å². The van der Waals surface area contributed by atoms with Crippen molar-refractivity contribution in [2.24, 2.45) is 0 Å². The van der Waals surface area contributed by atoms with Gasteiger partial charge in [-0.05, 0) is 125 Å². The van der Waals surface area contributed by atoms with Crippen LogP contribution in [0, 0.1) is 0 Å². The minimum absolute atomic E-state index is 0.0946. The molecule has 10 aromatic carbocycles. The predicted octanol–water partition coefficient (Wildman–Crippen LogP) is 14.5. The smallest absolute Gasteiger partial charge is 0.180 e. The second kappa shape index (κ2) is 15.0. The summed E-state index contributed by atoms with van der Waals surface area (Å²) in [5.74, 6) is 0. The van der Waals surface area contributed by atoms with E-state index in [2.05, 4.69) is 255 Å². The van der Waals surface area contributed by atoms with E-state index in [0.29, 0.717) is 0 Å². The first-order valence-electron chi connectivity index (χ1n) is 23.0. The van der Waals surface area contributed by atoms with Gasteiger partial charge in [-0.1, -0.05) is 202 Å². The van der Waals surface area contributed by atoms with Gasteiger partial charge in [0, 0.05) is 42.6 Å². The van der Waals surface area contributed by atoms with Gasteiger partial charge in [-0.2, -0.15) is 0 Å². The quantitative estimate of drug-likeness (QED) is 0.144. The molecule has 1 aromatic heterocycles.